The van der Waals surface area contributed by atoms with E-state index in [0.29, 0.717) is 0 Å². The summed E-state index contributed by atoms with van der Waals surface area (Å²) in [7, 11) is -3.77. The molecule has 1 unspecified atom stereocenters. The van der Waals surface area contributed by atoms with Crippen molar-refractivity contribution < 1.29 is 18.1 Å². The van der Waals surface area contributed by atoms with Gasteiger partial charge in [0.2, 0.25) is 15.8 Å². The van der Waals surface area contributed by atoms with Crippen LogP contribution < -0.4 is 9.46 Å². The molecule has 1 atom stereocenters. The van der Waals surface area contributed by atoms with Gasteiger partial charge in [0.15, 0.2) is 0 Å². The summed E-state index contributed by atoms with van der Waals surface area (Å²) in [5.74, 6) is 0.113. The van der Waals surface area contributed by atoms with Gasteiger partial charge in [0.1, 0.15) is 5.75 Å². The molecule has 7 nitrogen and oxygen atoms in total. The molecule has 0 aliphatic carbocycles. The molecule has 3 aromatic rings. The summed E-state index contributed by atoms with van der Waals surface area (Å²) in [6.45, 7) is 1.75. The number of nitro groups is 1. The van der Waals surface area contributed by atoms with E-state index >= 15 is 0 Å². The lowest BCUT2D eigenvalue weighted by Gasteiger charge is -2.15. The molecule has 0 saturated heterocycles. The van der Waals surface area contributed by atoms with Crippen LogP contribution in [0.2, 0.25) is 5.02 Å². The van der Waals surface area contributed by atoms with Gasteiger partial charge in [-0.2, -0.15) is 0 Å². The van der Waals surface area contributed by atoms with Crippen LogP contribution in [0.1, 0.15) is 18.5 Å². The zero-order chi connectivity index (χ0) is 21.0. The standard InChI is InChI=1S/C20H17ClN2O5S/c1-14(15-6-3-2-4-7-15)22-29(26,27)17-12-10-16(11-13-17)28-20-18(21)8-5-9-19(20)23(24)25/h2-14,22H,1H3. The maximum atomic E-state index is 12.6. The molecule has 0 saturated carbocycles. The van der Waals surface area contributed by atoms with E-state index in [4.69, 9.17) is 16.3 Å². The highest BCUT2D eigenvalue weighted by molar-refractivity contribution is 7.89. The first-order valence-electron chi connectivity index (χ1n) is 8.56. The van der Waals surface area contributed by atoms with Gasteiger partial charge in [-0.25, -0.2) is 13.1 Å². The van der Waals surface area contributed by atoms with Gasteiger partial charge >= 0.3 is 5.69 Å². The van der Waals surface area contributed by atoms with Crippen LogP contribution in [0.25, 0.3) is 0 Å². The Morgan fingerprint density at radius 3 is 2.28 bits per heavy atom. The third-order valence-electron chi connectivity index (χ3n) is 4.13. The third-order valence-corrected chi connectivity index (χ3v) is 5.98. The quantitative estimate of drug-likeness (QED) is 0.414. The van der Waals surface area contributed by atoms with E-state index in [1.165, 1.54) is 42.5 Å². The van der Waals surface area contributed by atoms with E-state index in [9.17, 15) is 18.5 Å². The molecule has 0 bridgehead atoms. The van der Waals surface area contributed by atoms with E-state index in [-0.39, 0.29) is 27.1 Å². The van der Waals surface area contributed by atoms with Crippen molar-refractivity contribution in [3.05, 3.63) is 93.5 Å². The van der Waals surface area contributed by atoms with Crippen LogP contribution in [-0.4, -0.2) is 13.3 Å². The molecule has 150 valence electrons. The number of nitrogens with one attached hydrogen (secondary N) is 1. The zero-order valence-corrected chi connectivity index (χ0v) is 16.9. The van der Waals surface area contributed by atoms with Crippen LogP contribution in [0.15, 0.2) is 77.7 Å². The predicted octanol–water partition coefficient (Wildman–Crippen LogP) is 5.08. The number of rotatable bonds is 7. The maximum Gasteiger partial charge on any atom is 0.313 e. The van der Waals surface area contributed by atoms with E-state index < -0.39 is 21.0 Å². The average Bonchev–Trinajstić information content (AvgIpc) is 2.70. The van der Waals surface area contributed by atoms with Gasteiger partial charge in [-0.1, -0.05) is 48.0 Å². The summed E-state index contributed by atoms with van der Waals surface area (Å²) in [6, 6.07) is 18.5. The molecule has 0 aromatic heterocycles. The molecule has 0 spiro atoms. The number of hydrogen-bond donors (Lipinski definition) is 1. The van der Waals surface area contributed by atoms with Crippen molar-refractivity contribution in [1.29, 1.82) is 0 Å². The van der Waals surface area contributed by atoms with Crippen molar-refractivity contribution in [3.63, 3.8) is 0 Å². The van der Waals surface area contributed by atoms with E-state index in [1.807, 2.05) is 30.3 Å². The lowest BCUT2D eigenvalue weighted by molar-refractivity contribution is -0.385. The Bertz CT molecular complexity index is 1120. The largest absolute Gasteiger partial charge is 0.449 e. The molecule has 3 aromatic carbocycles. The van der Waals surface area contributed by atoms with Crippen molar-refractivity contribution in [2.24, 2.45) is 0 Å². The Kier molecular flexibility index (Phi) is 6.17. The number of halogens is 1. The molecular weight excluding hydrogens is 416 g/mol. The first-order valence-corrected chi connectivity index (χ1v) is 10.4. The third kappa shape index (κ3) is 4.92. The number of hydrogen-bond acceptors (Lipinski definition) is 5. The number of nitro benzene ring substituents is 1. The monoisotopic (exact) mass is 432 g/mol. The van der Waals surface area contributed by atoms with Gasteiger partial charge in [-0.15, -0.1) is 0 Å². The molecule has 0 amide bonds. The highest BCUT2D eigenvalue weighted by atomic mass is 35.5. The predicted molar refractivity (Wildman–Crippen MR) is 110 cm³/mol. The van der Waals surface area contributed by atoms with Gasteiger partial charge in [-0.3, -0.25) is 10.1 Å². The maximum absolute atomic E-state index is 12.6. The molecule has 1 N–H and O–H groups in total. The molecular formula is C20H17ClN2O5S. The second kappa shape index (κ2) is 8.60. The molecule has 0 aliphatic rings. The zero-order valence-electron chi connectivity index (χ0n) is 15.3. The van der Waals surface area contributed by atoms with Crippen LogP contribution in [0, 0.1) is 10.1 Å². The second-order valence-corrected chi connectivity index (χ2v) is 8.29. The molecule has 0 heterocycles. The Hall–Kier alpha value is -2.94. The topological polar surface area (TPSA) is 98.5 Å². The minimum Gasteiger partial charge on any atom is -0.449 e. The molecule has 0 radical (unpaired) electrons. The van der Waals surface area contributed by atoms with E-state index in [2.05, 4.69) is 4.72 Å². The van der Waals surface area contributed by atoms with Crippen molar-refractivity contribution in [1.82, 2.24) is 4.72 Å². The summed E-state index contributed by atoms with van der Waals surface area (Å²) in [4.78, 5) is 10.6. The van der Waals surface area contributed by atoms with E-state index in [0.717, 1.165) is 5.56 Å². The number of ether oxygens (including phenoxy) is 1. The molecule has 9 heteroatoms. The van der Waals surface area contributed by atoms with Gasteiger partial charge in [0.05, 0.1) is 14.8 Å². The van der Waals surface area contributed by atoms with Crippen LogP contribution in [0.5, 0.6) is 11.5 Å². The van der Waals surface area contributed by atoms with Gasteiger partial charge in [-0.05, 0) is 42.8 Å². The van der Waals surface area contributed by atoms with Crippen molar-refractivity contribution in [2.45, 2.75) is 17.9 Å². The van der Waals surface area contributed by atoms with Gasteiger partial charge in [0.25, 0.3) is 0 Å². The lowest BCUT2D eigenvalue weighted by atomic mass is 10.1. The summed E-state index contributed by atoms with van der Waals surface area (Å²) < 4.78 is 33.4. The number of sulfonamides is 1. The fourth-order valence-corrected chi connectivity index (χ4v) is 4.10. The summed E-state index contributed by atoms with van der Waals surface area (Å²) in [6.07, 6.45) is 0. The number of benzene rings is 3. The van der Waals surface area contributed by atoms with Crippen LogP contribution >= 0.6 is 11.6 Å². The first-order chi connectivity index (χ1) is 13.8. The highest BCUT2D eigenvalue weighted by Crippen LogP contribution is 2.37. The van der Waals surface area contributed by atoms with E-state index in [1.54, 1.807) is 6.92 Å². The van der Waals surface area contributed by atoms with Crippen molar-refractivity contribution >= 4 is 27.3 Å². The van der Waals surface area contributed by atoms with Crippen LogP contribution in [0.3, 0.4) is 0 Å². The second-order valence-electron chi connectivity index (χ2n) is 6.17. The number of para-hydroxylation sites is 1. The molecule has 3 rings (SSSR count). The molecule has 0 fully saturated rings. The molecule has 29 heavy (non-hydrogen) atoms. The number of nitrogens with zero attached hydrogens (tertiary/aromatic N) is 1. The smallest absolute Gasteiger partial charge is 0.313 e. The average molecular weight is 433 g/mol. The van der Waals surface area contributed by atoms with Gasteiger partial charge < -0.3 is 4.74 Å². The minimum atomic E-state index is -3.77. The summed E-state index contributed by atoms with van der Waals surface area (Å²) in [5, 5.41) is 11.2. The Labute approximate surface area is 173 Å². The van der Waals surface area contributed by atoms with Crippen LogP contribution in [0.4, 0.5) is 5.69 Å². The summed E-state index contributed by atoms with van der Waals surface area (Å²) >= 11 is 6.01. The van der Waals surface area contributed by atoms with Crippen molar-refractivity contribution in [3.8, 4) is 11.5 Å². The first kappa shape index (κ1) is 20.8. The fourth-order valence-electron chi connectivity index (χ4n) is 2.66. The highest BCUT2D eigenvalue weighted by Gasteiger charge is 2.21. The Morgan fingerprint density at radius 2 is 1.66 bits per heavy atom. The van der Waals surface area contributed by atoms with Crippen molar-refractivity contribution in [2.75, 3.05) is 0 Å². The van der Waals surface area contributed by atoms with Gasteiger partial charge in [0, 0.05) is 12.1 Å². The van der Waals surface area contributed by atoms with Crippen LogP contribution in [-0.2, 0) is 10.0 Å². The lowest BCUT2D eigenvalue weighted by Crippen LogP contribution is -2.26. The Morgan fingerprint density at radius 1 is 1.00 bits per heavy atom. The SMILES string of the molecule is CC(NS(=O)(=O)c1ccc(Oc2c(Cl)cccc2[N+](=O)[O-])cc1)c1ccccc1. The minimum absolute atomic E-state index is 0.0429. The molecule has 0 aliphatic heterocycles. The summed E-state index contributed by atoms with van der Waals surface area (Å²) in [5.41, 5.74) is 0.551. The fraction of sp³-hybridized carbons (Fsp3) is 0.100. The Balaban J connectivity index is 1.79. The normalized spacial score (nSPS) is 12.3.